The van der Waals surface area contributed by atoms with E-state index in [4.69, 9.17) is 4.74 Å². The zero-order valence-electron chi connectivity index (χ0n) is 10.0. The van der Waals surface area contributed by atoms with Gasteiger partial charge in [0, 0.05) is 31.8 Å². The van der Waals surface area contributed by atoms with Crippen LogP contribution in [0.3, 0.4) is 0 Å². The number of likely N-dealkylation sites (N-methyl/N-ethyl adjacent to an activating group) is 1. The molecule has 0 amide bonds. The molecule has 15 heavy (non-hydrogen) atoms. The largest absolute Gasteiger partial charge is 0.378 e. The number of nitrogens with zero attached hydrogens (tertiary/aromatic N) is 1. The summed E-state index contributed by atoms with van der Waals surface area (Å²) in [7, 11) is 2.08. The van der Waals surface area contributed by atoms with Crippen LogP contribution in [0.15, 0.2) is 0 Å². The lowest BCUT2D eigenvalue weighted by Crippen LogP contribution is -2.42. The minimum atomic E-state index is 0.511. The Balaban J connectivity index is 1.83. The maximum atomic E-state index is 5.73. The molecule has 2 rings (SSSR count). The molecule has 2 saturated heterocycles. The molecule has 0 aromatic carbocycles. The number of hydrogen-bond donors (Lipinski definition) is 1. The van der Waals surface area contributed by atoms with Crippen molar-refractivity contribution < 1.29 is 4.74 Å². The van der Waals surface area contributed by atoms with Gasteiger partial charge in [-0.3, -0.25) is 4.90 Å². The third kappa shape index (κ3) is 2.71. The summed E-state index contributed by atoms with van der Waals surface area (Å²) in [6, 6.07) is 1.50. The van der Waals surface area contributed by atoms with Gasteiger partial charge in [-0.05, 0) is 32.7 Å². The molecular formula is C12H24N2O. The van der Waals surface area contributed by atoms with Crippen LogP contribution < -0.4 is 5.32 Å². The van der Waals surface area contributed by atoms with Crippen molar-refractivity contribution in [2.24, 2.45) is 0 Å². The average Bonchev–Trinajstić information content (AvgIpc) is 2.78. The van der Waals surface area contributed by atoms with Gasteiger partial charge in [-0.1, -0.05) is 6.92 Å². The summed E-state index contributed by atoms with van der Waals surface area (Å²) in [4.78, 5) is 2.66. The maximum absolute atomic E-state index is 5.73. The van der Waals surface area contributed by atoms with E-state index in [-0.39, 0.29) is 0 Å². The fourth-order valence-corrected chi connectivity index (χ4v) is 2.83. The monoisotopic (exact) mass is 212 g/mol. The lowest BCUT2D eigenvalue weighted by Gasteiger charge is -2.35. The predicted octanol–water partition coefficient (Wildman–Crippen LogP) is 1.24. The van der Waals surface area contributed by atoms with Crippen LogP contribution in [0.5, 0.6) is 0 Å². The summed E-state index contributed by atoms with van der Waals surface area (Å²) in [5.74, 6) is 0. The number of ether oxygens (including phenoxy) is 1. The van der Waals surface area contributed by atoms with Crippen LogP contribution >= 0.6 is 0 Å². The molecule has 3 atom stereocenters. The van der Waals surface area contributed by atoms with Crippen molar-refractivity contribution in [1.29, 1.82) is 0 Å². The Kier molecular flexibility index (Phi) is 4.00. The topological polar surface area (TPSA) is 24.5 Å². The second-order valence-corrected chi connectivity index (χ2v) is 4.85. The zero-order chi connectivity index (χ0) is 10.7. The third-order valence-corrected chi connectivity index (χ3v) is 3.94. The van der Waals surface area contributed by atoms with Crippen molar-refractivity contribution >= 4 is 0 Å². The van der Waals surface area contributed by atoms with Crippen LogP contribution in [0.4, 0.5) is 0 Å². The van der Waals surface area contributed by atoms with Crippen molar-refractivity contribution in [3.63, 3.8) is 0 Å². The molecule has 0 aliphatic carbocycles. The molecule has 0 aromatic rings. The van der Waals surface area contributed by atoms with Crippen molar-refractivity contribution in [2.75, 3.05) is 26.7 Å². The first kappa shape index (κ1) is 11.4. The Bertz CT molecular complexity index is 198. The fraction of sp³-hybridized carbons (Fsp3) is 1.00. The second kappa shape index (κ2) is 5.28. The van der Waals surface area contributed by atoms with Crippen LogP contribution in [-0.4, -0.2) is 49.8 Å². The van der Waals surface area contributed by atoms with Gasteiger partial charge in [-0.25, -0.2) is 0 Å². The van der Waals surface area contributed by atoms with E-state index in [1.165, 1.54) is 38.8 Å². The predicted molar refractivity (Wildman–Crippen MR) is 62.1 cm³/mol. The SMILES string of the molecule is CCC1CC(N2CCC(NC)C2)CCO1. The van der Waals surface area contributed by atoms with Crippen LogP contribution in [0.1, 0.15) is 32.6 Å². The Hall–Kier alpha value is -0.120. The molecule has 88 valence electrons. The van der Waals surface area contributed by atoms with Gasteiger partial charge < -0.3 is 10.1 Å². The average molecular weight is 212 g/mol. The highest BCUT2D eigenvalue weighted by Crippen LogP contribution is 2.24. The molecule has 1 N–H and O–H groups in total. The van der Waals surface area contributed by atoms with Gasteiger partial charge in [-0.2, -0.15) is 0 Å². The summed E-state index contributed by atoms with van der Waals surface area (Å²) in [6.45, 7) is 5.70. The van der Waals surface area contributed by atoms with E-state index in [0.29, 0.717) is 12.1 Å². The molecule has 2 heterocycles. The maximum Gasteiger partial charge on any atom is 0.0587 e. The van der Waals surface area contributed by atoms with Crippen molar-refractivity contribution in [1.82, 2.24) is 10.2 Å². The van der Waals surface area contributed by atoms with Crippen molar-refractivity contribution in [3.05, 3.63) is 0 Å². The standard InChI is InChI=1S/C12H24N2O/c1-3-12-8-11(5-7-15-12)14-6-4-10(9-14)13-2/h10-13H,3-9H2,1-2H3. The normalized spacial score (nSPS) is 38.4. The van der Waals surface area contributed by atoms with Gasteiger partial charge in [0.05, 0.1) is 6.10 Å². The molecule has 0 bridgehead atoms. The Morgan fingerprint density at radius 1 is 1.40 bits per heavy atom. The van der Waals surface area contributed by atoms with Crippen LogP contribution in [0.25, 0.3) is 0 Å². The molecule has 2 fully saturated rings. The van der Waals surface area contributed by atoms with Crippen molar-refractivity contribution in [2.45, 2.75) is 50.8 Å². The third-order valence-electron chi connectivity index (χ3n) is 3.94. The van der Waals surface area contributed by atoms with E-state index in [9.17, 15) is 0 Å². The van der Waals surface area contributed by atoms with Crippen LogP contribution in [-0.2, 0) is 4.74 Å². The molecule has 3 unspecified atom stereocenters. The highest BCUT2D eigenvalue weighted by molar-refractivity contribution is 4.87. The first-order valence-electron chi connectivity index (χ1n) is 6.36. The highest BCUT2D eigenvalue weighted by atomic mass is 16.5. The lowest BCUT2D eigenvalue weighted by molar-refractivity contribution is -0.0239. The van der Waals surface area contributed by atoms with Gasteiger partial charge in [-0.15, -0.1) is 0 Å². The highest BCUT2D eigenvalue weighted by Gasteiger charge is 2.31. The first-order valence-corrected chi connectivity index (χ1v) is 6.36. The molecule has 0 saturated carbocycles. The summed E-state index contributed by atoms with van der Waals surface area (Å²) in [6.07, 6.45) is 5.46. The second-order valence-electron chi connectivity index (χ2n) is 4.85. The van der Waals surface area contributed by atoms with Gasteiger partial charge in [0.2, 0.25) is 0 Å². The molecule has 3 heteroatoms. The van der Waals surface area contributed by atoms with E-state index in [1.807, 2.05) is 0 Å². The fourth-order valence-electron chi connectivity index (χ4n) is 2.83. The van der Waals surface area contributed by atoms with Gasteiger partial charge in [0.1, 0.15) is 0 Å². The quantitative estimate of drug-likeness (QED) is 0.762. The number of nitrogens with one attached hydrogen (secondary N) is 1. The first-order chi connectivity index (χ1) is 7.33. The zero-order valence-corrected chi connectivity index (χ0v) is 10.0. The molecule has 3 nitrogen and oxygen atoms in total. The minimum absolute atomic E-state index is 0.511. The number of likely N-dealkylation sites (tertiary alicyclic amines) is 1. The number of rotatable bonds is 3. The molecule has 0 radical (unpaired) electrons. The molecule has 2 aliphatic rings. The van der Waals surface area contributed by atoms with Crippen LogP contribution in [0, 0.1) is 0 Å². The molecular weight excluding hydrogens is 188 g/mol. The summed E-state index contributed by atoms with van der Waals surface area (Å²) >= 11 is 0. The van der Waals surface area contributed by atoms with Crippen LogP contribution in [0.2, 0.25) is 0 Å². The Morgan fingerprint density at radius 3 is 2.93 bits per heavy atom. The molecule has 2 aliphatic heterocycles. The van der Waals surface area contributed by atoms with E-state index in [1.54, 1.807) is 0 Å². The van der Waals surface area contributed by atoms with Crippen molar-refractivity contribution in [3.8, 4) is 0 Å². The van der Waals surface area contributed by atoms with E-state index in [0.717, 1.165) is 12.6 Å². The molecule has 0 spiro atoms. The Morgan fingerprint density at radius 2 is 2.27 bits per heavy atom. The summed E-state index contributed by atoms with van der Waals surface area (Å²) in [5.41, 5.74) is 0. The minimum Gasteiger partial charge on any atom is -0.378 e. The van der Waals surface area contributed by atoms with Gasteiger partial charge in [0.15, 0.2) is 0 Å². The van der Waals surface area contributed by atoms with E-state index >= 15 is 0 Å². The number of hydrogen-bond acceptors (Lipinski definition) is 3. The van der Waals surface area contributed by atoms with Gasteiger partial charge in [0.25, 0.3) is 0 Å². The smallest absolute Gasteiger partial charge is 0.0587 e. The molecule has 0 aromatic heterocycles. The van der Waals surface area contributed by atoms with Gasteiger partial charge >= 0.3 is 0 Å². The summed E-state index contributed by atoms with van der Waals surface area (Å²) in [5, 5.41) is 3.39. The Labute approximate surface area is 93.2 Å². The summed E-state index contributed by atoms with van der Waals surface area (Å²) < 4.78 is 5.73. The van der Waals surface area contributed by atoms with E-state index < -0.39 is 0 Å². The van der Waals surface area contributed by atoms with E-state index in [2.05, 4.69) is 24.2 Å². The lowest BCUT2D eigenvalue weighted by atomic mass is 10.0.